The third-order valence-corrected chi connectivity index (χ3v) is 4.35. The minimum Gasteiger partial charge on any atom is -0.481 e. The molecule has 1 aromatic heterocycles. The summed E-state index contributed by atoms with van der Waals surface area (Å²) in [4.78, 5) is 27.2. The Morgan fingerprint density at radius 2 is 2.00 bits per heavy atom. The van der Waals surface area contributed by atoms with E-state index < -0.39 is 11.9 Å². The largest absolute Gasteiger partial charge is 0.481 e. The smallest absolute Gasteiger partial charge is 0.310 e. The third kappa shape index (κ3) is 4.14. The van der Waals surface area contributed by atoms with Gasteiger partial charge in [0.25, 0.3) is 0 Å². The Balaban J connectivity index is 1.95. The van der Waals surface area contributed by atoms with Crippen molar-refractivity contribution >= 4 is 28.9 Å². The van der Waals surface area contributed by atoms with Crippen LogP contribution in [0.2, 0.25) is 0 Å². The lowest BCUT2D eigenvalue weighted by molar-refractivity contribution is -0.138. The number of carboxylic acids is 1. The van der Waals surface area contributed by atoms with Crippen LogP contribution >= 0.6 is 11.3 Å². The lowest BCUT2D eigenvalue weighted by atomic mass is 10.0. The molecule has 1 aromatic carbocycles. The maximum atomic E-state index is 12.0. The molecule has 0 saturated heterocycles. The first-order chi connectivity index (χ1) is 10.5. The number of nitrogens with zero attached hydrogens (tertiary/aromatic N) is 1. The van der Waals surface area contributed by atoms with Crippen LogP contribution < -0.4 is 5.32 Å². The van der Waals surface area contributed by atoms with E-state index in [0.29, 0.717) is 11.3 Å². The summed E-state index contributed by atoms with van der Waals surface area (Å²) in [5, 5.41) is 14.7. The number of rotatable bonds is 6. The fraction of sp³-hybridized carbons (Fsp3) is 0.312. The molecule has 0 saturated carbocycles. The summed E-state index contributed by atoms with van der Waals surface area (Å²) in [7, 11) is 0. The first-order valence-electron chi connectivity index (χ1n) is 7.05. The first-order valence-corrected chi connectivity index (χ1v) is 7.93. The van der Waals surface area contributed by atoms with Gasteiger partial charge in [0.05, 0.1) is 23.0 Å². The van der Waals surface area contributed by atoms with Crippen molar-refractivity contribution in [3.05, 3.63) is 45.9 Å². The molecule has 2 aromatic rings. The minimum absolute atomic E-state index is 0.132. The van der Waals surface area contributed by atoms with Crippen LogP contribution in [0.1, 0.15) is 36.0 Å². The summed E-state index contributed by atoms with van der Waals surface area (Å²) in [6.45, 7) is 3.66. The van der Waals surface area contributed by atoms with Crippen molar-refractivity contribution in [1.29, 1.82) is 0 Å². The number of carbonyl (C=O) groups excluding carboxylic acids is 1. The van der Waals surface area contributed by atoms with Gasteiger partial charge in [-0.15, -0.1) is 11.3 Å². The van der Waals surface area contributed by atoms with Crippen molar-refractivity contribution in [2.24, 2.45) is 0 Å². The first kappa shape index (κ1) is 16.2. The average molecular weight is 318 g/mol. The summed E-state index contributed by atoms with van der Waals surface area (Å²) in [6.07, 6.45) is 1.11. The van der Waals surface area contributed by atoms with Gasteiger partial charge >= 0.3 is 5.97 Å². The number of nitrogens with one attached hydrogen (secondary N) is 1. The molecule has 0 fully saturated rings. The summed E-state index contributed by atoms with van der Waals surface area (Å²) in [5.41, 5.74) is 2.13. The molecular weight excluding hydrogens is 300 g/mol. The van der Waals surface area contributed by atoms with Crippen molar-refractivity contribution in [3.63, 3.8) is 0 Å². The average Bonchev–Trinajstić information content (AvgIpc) is 2.94. The highest BCUT2D eigenvalue weighted by atomic mass is 32.1. The maximum Gasteiger partial charge on any atom is 0.310 e. The number of aryl methyl sites for hydroxylation is 1. The number of hydrogen-bond acceptors (Lipinski definition) is 4. The molecule has 6 heteroatoms. The SMILES string of the molecule is CCc1nc(CC(=O)Nc2ccc(C(C)C(=O)O)cc2)cs1. The Morgan fingerprint density at radius 3 is 2.55 bits per heavy atom. The highest BCUT2D eigenvalue weighted by Gasteiger charge is 2.13. The van der Waals surface area contributed by atoms with E-state index in [1.165, 1.54) is 0 Å². The zero-order chi connectivity index (χ0) is 16.1. The van der Waals surface area contributed by atoms with Crippen molar-refractivity contribution in [3.8, 4) is 0 Å². The number of benzene rings is 1. The Labute approximate surface area is 133 Å². The number of amides is 1. The van der Waals surface area contributed by atoms with Crippen molar-refractivity contribution in [2.75, 3.05) is 5.32 Å². The highest BCUT2D eigenvalue weighted by Crippen LogP contribution is 2.18. The molecule has 1 unspecified atom stereocenters. The van der Waals surface area contributed by atoms with E-state index in [-0.39, 0.29) is 12.3 Å². The molecular formula is C16H18N2O3S. The Morgan fingerprint density at radius 1 is 1.32 bits per heavy atom. The maximum absolute atomic E-state index is 12.0. The number of carbonyl (C=O) groups is 2. The highest BCUT2D eigenvalue weighted by molar-refractivity contribution is 7.09. The second-order valence-corrected chi connectivity index (χ2v) is 5.94. The molecule has 1 heterocycles. The number of hydrogen-bond donors (Lipinski definition) is 2. The molecule has 1 atom stereocenters. The molecule has 2 rings (SSSR count). The van der Waals surface area contributed by atoms with Gasteiger partial charge < -0.3 is 10.4 Å². The fourth-order valence-corrected chi connectivity index (χ4v) is 2.70. The zero-order valence-electron chi connectivity index (χ0n) is 12.5. The molecule has 0 radical (unpaired) electrons. The van der Waals surface area contributed by atoms with Crippen molar-refractivity contribution < 1.29 is 14.7 Å². The molecule has 0 spiro atoms. The molecule has 2 N–H and O–H groups in total. The van der Waals surface area contributed by atoms with E-state index in [9.17, 15) is 9.59 Å². The van der Waals surface area contributed by atoms with Crippen molar-refractivity contribution in [2.45, 2.75) is 32.6 Å². The van der Waals surface area contributed by atoms with Crippen LogP contribution in [0, 0.1) is 0 Å². The van der Waals surface area contributed by atoms with Crippen LogP contribution in [0.25, 0.3) is 0 Å². The molecule has 1 amide bonds. The van der Waals surface area contributed by atoms with Crippen LogP contribution in [0.15, 0.2) is 29.6 Å². The predicted molar refractivity (Wildman–Crippen MR) is 86.3 cm³/mol. The molecule has 0 aliphatic carbocycles. The predicted octanol–water partition coefficient (Wildman–Crippen LogP) is 3.07. The Hall–Kier alpha value is -2.21. The van der Waals surface area contributed by atoms with E-state index in [1.54, 1.807) is 42.5 Å². The number of aromatic nitrogens is 1. The van der Waals surface area contributed by atoms with Gasteiger partial charge in [-0.2, -0.15) is 0 Å². The van der Waals surface area contributed by atoms with Gasteiger partial charge in [0, 0.05) is 11.1 Å². The zero-order valence-corrected chi connectivity index (χ0v) is 13.3. The number of carboxylic acid groups (broad SMARTS) is 1. The summed E-state index contributed by atoms with van der Waals surface area (Å²) < 4.78 is 0. The van der Waals surface area contributed by atoms with Gasteiger partial charge in [0.15, 0.2) is 0 Å². The van der Waals surface area contributed by atoms with Crippen LogP contribution in [-0.4, -0.2) is 22.0 Å². The Kier molecular flexibility index (Phi) is 5.27. The molecule has 5 nitrogen and oxygen atoms in total. The molecule has 0 aliphatic rings. The van der Waals surface area contributed by atoms with Gasteiger partial charge in [0.1, 0.15) is 0 Å². The molecule has 22 heavy (non-hydrogen) atoms. The second-order valence-electron chi connectivity index (χ2n) is 4.99. The summed E-state index contributed by atoms with van der Waals surface area (Å²) in [5.74, 6) is -1.56. The minimum atomic E-state index is -0.868. The van der Waals surface area contributed by atoms with Gasteiger partial charge in [-0.25, -0.2) is 4.98 Å². The molecule has 0 aliphatic heterocycles. The van der Waals surface area contributed by atoms with E-state index in [4.69, 9.17) is 5.11 Å². The van der Waals surface area contributed by atoms with E-state index in [2.05, 4.69) is 10.3 Å². The number of thiazole rings is 1. The van der Waals surface area contributed by atoms with E-state index in [0.717, 1.165) is 17.1 Å². The second kappa shape index (κ2) is 7.17. The van der Waals surface area contributed by atoms with Gasteiger partial charge in [-0.3, -0.25) is 9.59 Å². The molecule has 0 bridgehead atoms. The normalized spacial score (nSPS) is 11.9. The standard InChI is InChI=1S/C16H18N2O3S/c1-3-15-18-13(9-22-15)8-14(19)17-12-6-4-11(5-7-12)10(2)16(20)21/h4-7,9-10H,3,8H2,1-2H3,(H,17,19)(H,20,21). The van der Waals surface area contributed by atoms with Gasteiger partial charge in [-0.05, 0) is 31.0 Å². The van der Waals surface area contributed by atoms with Crippen molar-refractivity contribution in [1.82, 2.24) is 4.98 Å². The third-order valence-electron chi connectivity index (χ3n) is 3.31. The van der Waals surface area contributed by atoms with Gasteiger partial charge in [-0.1, -0.05) is 19.1 Å². The van der Waals surface area contributed by atoms with Crippen LogP contribution in [0.3, 0.4) is 0 Å². The monoisotopic (exact) mass is 318 g/mol. The topological polar surface area (TPSA) is 79.3 Å². The van der Waals surface area contributed by atoms with Crippen LogP contribution in [0.4, 0.5) is 5.69 Å². The summed E-state index contributed by atoms with van der Waals surface area (Å²) >= 11 is 1.56. The molecule has 116 valence electrons. The van der Waals surface area contributed by atoms with Crippen LogP contribution in [0.5, 0.6) is 0 Å². The van der Waals surface area contributed by atoms with E-state index >= 15 is 0 Å². The lowest BCUT2D eigenvalue weighted by Crippen LogP contribution is -2.15. The fourth-order valence-electron chi connectivity index (χ4n) is 1.96. The quantitative estimate of drug-likeness (QED) is 0.858. The summed E-state index contributed by atoms with van der Waals surface area (Å²) in [6, 6.07) is 6.86. The Bertz CT molecular complexity index is 664. The van der Waals surface area contributed by atoms with Gasteiger partial charge in [0.2, 0.25) is 5.91 Å². The lowest BCUT2D eigenvalue weighted by Gasteiger charge is -2.08. The van der Waals surface area contributed by atoms with E-state index in [1.807, 2.05) is 12.3 Å². The number of anilines is 1. The van der Waals surface area contributed by atoms with Crippen LogP contribution in [-0.2, 0) is 22.4 Å². The number of aliphatic carboxylic acids is 1.